The zero-order chi connectivity index (χ0) is 30.2. The lowest BCUT2D eigenvalue weighted by molar-refractivity contribution is -0.137. The Morgan fingerprint density at radius 2 is 1.60 bits per heavy atom. The van der Waals surface area contributed by atoms with Crippen LogP contribution in [-0.2, 0) is 14.3 Å². The molecule has 0 spiro atoms. The van der Waals surface area contributed by atoms with Crippen molar-refractivity contribution in [2.45, 2.75) is 18.2 Å². The van der Waals surface area contributed by atoms with Crippen molar-refractivity contribution in [3.05, 3.63) is 82.4 Å². The van der Waals surface area contributed by atoms with E-state index >= 15 is 0 Å². The number of hydrogen-bond donors (Lipinski definition) is 2. The molecule has 220 valence electrons. The second-order valence-electron chi connectivity index (χ2n) is 9.29. The number of benzene rings is 3. The maximum Gasteiger partial charge on any atom is 0.278 e. The molecular formula is C31H33N3O7S. The summed E-state index contributed by atoms with van der Waals surface area (Å²) in [5.41, 5.74) is 2.63. The molecule has 1 aliphatic heterocycles. The highest BCUT2D eigenvalue weighted by Gasteiger charge is 2.39. The van der Waals surface area contributed by atoms with Crippen molar-refractivity contribution in [1.29, 1.82) is 0 Å². The van der Waals surface area contributed by atoms with Crippen LogP contribution in [0.25, 0.3) is 0 Å². The molecule has 0 fully saturated rings. The number of imide groups is 1. The van der Waals surface area contributed by atoms with Crippen molar-refractivity contribution in [2.75, 3.05) is 52.2 Å². The topological polar surface area (TPSA) is 115 Å². The van der Waals surface area contributed by atoms with Crippen molar-refractivity contribution in [2.24, 2.45) is 0 Å². The maximum absolute atomic E-state index is 13.4. The van der Waals surface area contributed by atoms with E-state index in [2.05, 4.69) is 10.6 Å². The third kappa shape index (κ3) is 6.87. The molecule has 0 bridgehead atoms. The quantitative estimate of drug-likeness (QED) is 0.207. The number of aryl methyl sites for hydroxylation is 1. The minimum absolute atomic E-state index is 0.176. The van der Waals surface area contributed by atoms with E-state index in [1.165, 1.54) is 30.9 Å². The third-order valence-corrected chi connectivity index (χ3v) is 7.55. The van der Waals surface area contributed by atoms with Crippen LogP contribution in [0, 0.1) is 6.92 Å². The first kappa shape index (κ1) is 30.5. The first-order chi connectivity index (χ1) is 20.3. The molecule has 0 unspecified atom stereocenters. The molecule has 42 heavy (non-hydrogen) atoms. The molecule has 0 radical (unpaired) electrons. The van der Waals surface area contributed by atoms with E-state index in [4.69, 9.17) is 18.9 Å². The molecule has 11 heteroatoms. The fraction of sp³-hybridized carbons (Fsp3) is 0.258. The minimum atomic E-state index is -0.417. The van der Waals surface area contributed by atoms with Gasteiger partial charge in [-0.15, -0.1) is 0 Å². The molecule has 0 aliphatic carbocycles. The molecule has 0 saturated heterocycles. The number of nitrogens with zero attached hydrogens (tertiary/aromatic N) is 1. The van der Waals surface area contributed by atoms with E-state index < -0.39 is 5.91 Å². The lowest BCUT2D eigenvalue weighted by atomic mass is 10.1. The van der Waals surface area contributed by atoms with Gasteiger partial charge in [-0.1, -0.05) is 17.8 Å². The van der Waals surface area contributed by atoms with Crippen molar-refractivity contribution < 1.29 is 33.3 Å². The van der Waals surface area contributed by atoms with E-state index in [0.717, 1.165) is 5.56 Å². The number of methoxy groups -OCH3 is 4. The molecule has 3 aromatic rings. The summed E-state index contributed by atoms with van der Waals surface area (Å²) >= 11 is 1.17. The average molecular weight is 592 g/mol. The van der Waals surface area contributed by atoms with Gasteiger partial charge in [-0.3, -0.25) is 19.3 Å². The monoisotopic (exact) mass is 591 g/mol. The summed E-state index contributed by atoms with van der Waals surface area (Å²) < 4.78 is 21.1. The lowest BCUT2D eigenvalue weighted by Crippen LogP contribution is -2.33. The Labute approximate surface area is 249 Å². The largest absolute Gasteiger partial charge is 0.497 e. The van der Waals surface area contributed by atoms with Crippen LogP contribution in [0.2, 0.25) is 0 Å². The average Bonchev–Trinajstić information content (AvgIpc) is 3.21. The molecular weight excluding hydrogens is 558 g/mol. The first-order valence-corrected chi connectivity index (χ1v) is 13.9. The normalized spacial score (nSPS) is 12.9. The second-order valence-corrected chi connectivity index (χ2v) is 10.4. The third-order valence-electron chi connectivity index (χ3n) is 6.46. The van der Waals surface area contributed by atoms with Crippen molar-refractivity contribution in [1.82, 2.24) is 4.90 Å². The molecule has 0 saturated carbocycles. The van der Waals surface area contributed by atoms with Gasteiger partial charge in [0.1, 0.15) is 27.9 Å². The van der Waals surface area contributed by atoms with Gasteiger partial charge in [-0.2, -0.15) is 0 Å². The zero-order valence-corrected chi connectivity index (χ0v) is 24.9. The van der Waals surface area contributed by atoms with E-state index in [1.807, 2.05) is 19.1 Å². The molecule has 3 amide bonds. The smallest absolute Gasteiger partial charge is 0.278 e. The summed E-state index contributed by atoms with van der Waals surface area (Å²) in [5.74, 6) is 0.351. The standard InChI is InChI=1S/C31H33N3O7S/c1-19-7-14-25(40-4)24(17-19)33-27-28(31(37)34(30(27)36)15-6-16-38-2)42-22-11-8-20(9-12-22)32-29(35)23-13-10-21(39-3)18-26(23)41-5/h7-14,17-18,33H,6,15-16H2,1-5H3,(H,32,35). The number of ether oxygens (including phenoxy) is 4. The van der Waals surface area contributed by atoms with Gasteiger partial charge in [0.15, 0.2) is 0 Å². The van der Waals surface area contributed by atoms with Crippen LogP contribution in [0.15, 0.2) is 76.2 Å². The predicted molar refractivity (Wildman–Crippen MR) is 161 cm³/mol. The fourth-order valence-corrected chi connectivity index (χ4v) is 5.24. The Kier molecular flexibility index (Phi) is 10.1. The number of carbonyl (C=O) groups is 3. The molecule has 0 atom stereocenters. The molecule has 4 rings (SSSR count). The van der Waals surface area contributed by atoms with Crippen molar-refractivity contribution in [3.63, 3.8) is 0 Å². The number of rotatable bonds is 13. The Balaban J connectivity index is 1.57. The molecule has 1 heterocycles. The van der Waals surface area contributed by atoms with Gasteiger partial charge in [-0.05, 0) is 67.4 Å². The van der Waals surface area contributed by atoms with Gasteiger partial charge in [0.2, 0.25) is 0 Å². The Hall–Kier alpha value is -4.48. The van der Waals surface area contributed by atoms with Gasteiger partial charge < -0.3 is 29.6 Å². The number of thioether (sulfide) groups is 1. The van der Waals surface area contributed by atoms with Crippen LogP contribution >= 0.6 is 11.8 Å². The van der Waals surface area contributed by atoms with E-state index in [9.17, 15) is 14.4 Å². The van der Waals surface area contributed by atoms with Crippen molar-refractivity contribution in [3.8, 4) is 17.2 Å². The van der Waals surface area contributed by atoms with E-state index in [0.29, 0.717) is 52.1 Å². The highest BCUT2D eigenvalue weighted by atomic mass is 32.2. The van der Waals surface area contributed by atoms with E-state index in [1.54, 1.807) is 62.8 Å². The summed E-state index contributed by atoms with van der Waals surface area (Å²) in [6.07, 6.45) is 0.514. The highest BCUT2D eigenvalue weighted by molar-refractivity contribution is 8.04. The Morgan fingerprint density at radius 1 is 0.857 bits per heavy atom. The summed E-state index contributed by atoms with van der Waals surface area (Å²) in [4.78, 5) is 42.0. The van der Waals surface area contributed by atoms with Crippen LogP contribution in [-0.4, -0.2) is 64.2 Å². The second kappa shape index (κ2) is 13.9. The summed E-state index contributed by atoms with van der Waals surface area (Å²) in [7, 11) is 6.14. The Bertz CT molecular complexity index is 1500. The molecule has 2 N–H and O–H groups in total. The van der Waals surface area contributed by atoms with Crippen LogP contribution in [0.1, 0.15) is 22.3 Å². The lowest BCUT2D eigenvalue weighted by Gasteiger charge is -2.15. The van der Waals surface area contributed by atoms with Crippen LogP contribution < -0.4 is 24.8 Å². The van der Waals surface area contributed by atoms with Gasteiger partial charge in [0.25, 0.3) is 17.7 Å². The number of amides is 3. The minimum Gasteiger partial charge on any atom is -0.497 e. The Morgan fingerprint density at radius 3 is 2.26 bits per heavy atom. The van der Waals surface area contributed by atoms with Gasteiger partial charge in [0.05, 0.1) is 32.6 Å². The molecule has 1 aliphatic rings. The maximum atomic E-state index is 13.4. The van der Waals surface area contributed by atoms with Gasteiger partial charge in [0, 0.05) is 36.9 Å². The van der Waals surface area contributed by atoms with Crippen LogP contribution in [0.5, 0.6) is 17.2 Å². The molecule has 3 aromatic carbocycles. The summed E-state index contributed by atoms with van der Waals surface area (Å²) in [5, 5.41) is 6.01. The zero-order valence-electron chi connectivity index (χ0n) is 24.1. The van der Waals surface area contributed by atoms with Crippen LogP contribution in [0.3, 0.4) is 0 Å². The predicted octanol–water partition coefficient (Wildman–Crippen LogP) is 5.09. The SMILES string of the molecule is COCCCN1C(=O)C(Nc2cc(C)ccc2OC)=C(Sc2ccc(NC(=O)c3ccc(OC)cc3OC)cc2)C1=O. The van der Waals surface area contributed by atoms with Crippen LogP contribution in [0.4, 0.5) is 11.4 Å². The molecule has 0 aromatic heterocycles. The number of carbonyl (C=O) groups excluding carboxylic acids is 3. The fourth-order valence-electron chi connectivity index (χ4n) is 4.29. The highest BCUT2D eigenvalue weighted by Crippen LogP contribution is 2.38. The number of anilines is 2. The van der Waals surface area contributed by atoms with Gasteiger partial charge in [-0.25, -0.2) is 0 Å². The molecule has 10 nitrogen and oxygen atoms in total. The summed E-state index contributed by atoms with van der Waals surface area (Å²) in [6, 6.07) is 17.5. The van der Waals surface area contributed by atoms with E-state index in [-0.39, 0.29) is 29.0 Å². The number of nitrogens with one attached hydrogen (secondary N) is 2. The first-order valence-electron chi connectivity index (χ1n) is 13.1. The summed E-state index contributed by atoms with van der Waals surface area (Å²) in [6.45, 7) is 2.58. The van der Waals surface area contributed by atoms with Crippen molar-refractivity contribution >= 4 is 40.9 Å². The number of hydrogen-bond acceptors (Lipinski definition) is 9. The van der Waals surface area contributed by atoms with Gasteiger partial charge >= 0.3 is 0 Å².